The Morgan fingerprint density at radius 1 is 1.30 bits per heavy atom. The minimum atomic E-state index is -0.879. The minimum absolute atomic E-state index is 0.0157. The van der Waals surface area contributed by atoms with E-state index in [2.05, 4.69) is 15.4 Å². The summed E-state index contributed by atoms with van der Waals surface area (Å²) in [6.07, 6.45) is 3.14. The van der Waals surface area contributed by atoms with Crippen LogP contribution in [0.4, 0.5) is 19.3 Å². The number of hydrogen-bond donors (Lipinski definition) is 3. The molecule has 1 aromatic carbocycles. The van der Waals surface area contributed by atoms with Crippen LogP contribution in [-0.2, 0) is 0 Å². The number of benzene rings is 1. The van der Waals surface area contributed by atoms with Gasteiger partial charge in [0.2, 0.25) is 0 Å². The fourth-order valence-electron chi connectivity index (χ4n) is 4.04. The van der Waals surface area contributed by atoms with Crippen molar-refractivity contribution in [2.75, 3.05) is 19.0 Å². The summed E-state index contributed by atoms with van der Waals surface area (Å²) in [7, 11) is 1.17. The van der Waals surface area contributed by atoms with Crippen molar-refractivity contribution < 1.29 is 23.4 Å². The Balaban J connectivity index is 1.66. The van der Waals surface area contributed by atoms with E-state index in [1.54, 1.807) is 0 Å². The van der Waals surface area contributed by atoms with E-state index < -0.39 is 23.4 Å². The van der Waals surface area contributed by atoms with Crippen LogP contribution in [0.3, 0.4) is 0 Å². The summed E-state index contributed by atoms with van der Waals surface area (Å²) < 4.78 is 31.9. The molecule has 2 saturated carbocycles. The van der Waals surface area contributed by atoms with Crippen molar-refractivity contribution >= 4 is 11.7 Å². The molecule has 0 radical (unpaired) electrons. The molecule has 2 bridgehead atoms. The van der Waals surface area contributed by atoms with E-state index in [0.717, 1.165) is 31.4 Å². The van der Waals surface area contributed by atoms with E-state index >= 15 is 0 Å². The molecule has 0 heterocycles. The second kappa shape index (κ2) is 6.31. The lowest BCUT2D eigenvalue weighted by atomic mass is 9.85. The van der Waals surface area contributed by atoms with Gasteiger partial charge in [0.1, 0.15) is 0 Å². The van der Waals surface area contributed by atoms with Crippen molar-refractivity contribution in [1.82, 2.24) is 5.32 Å². The van der Waals surface area contributed by atoms with Gasteiger partial charge in [0.05, 0.1) is 7.11 Å². The zero-order valence-electron chi connectivity index (χ0n) is 12.8. The molecule has 0 aromatic heterocycles. The molecule has 126 valence electrons. The van der Waals surface area contributed by atoms with Gasteiger partial charge >= 0.3 is 6.03 Å². The molecule has 0 saturated heterocycles. The number of aliphatic hydroxyl groups excluding tert-OH is 1. The average molecular weight is 326 g/mol. The number of halogens is 2. The van der Waals surface area contributed by atoms with Gasteiger partial charge in [-0.05, 0) is 31.1 Å². The van der Waals surface area contributed by atoms with Crippen molar-refractivity contribution in [2.24, 2.45) is 17.8 Å². The molecule has 23 heavy (non-hydrogen) atoms. The molecule has 1 aromatic rings. The molecule has 2 fully saturated rings. The van der Waals surface area contributed by atoms with Crippen molar-refractivity contribution in [2.45, 2.75) is 25.3 Å². The quantitative estimate of drug-likeness (QED) is 0.796. The fourth-order valence-corrected chi connectivity index (χ4v) is 4.04. The number of ether oxygens (including phenoxy) is 1. The third-order valence-corrected chi connectivity index (χ3v) is 5.06. The molecule has 4 atom stereocenters. The van der Waals surface area contributed by atoms with Crippen LogP contribution in [0.5, 0.6) is 5.75 Å². The monoisotopic (exact) mass is 326 g/mol. The number of anilines is 1. The summed E-state index contributed by atoms with van der Waals surface area (Å²) in [5.41, 5.74) is 0.0157. The molecule has 0 unspecified atom stereocenters. The fraction of sp³-hybridized carbons (Fsp3) is 0.562. The Bertz CT molecular complexity index is 588. The SMILES string of the molecule is COc1c(F)cc(NC(=O)N[C@H]2[C@H]3CC[C@@H](C3)[C@@H]2CO)cc1F. The number of nitrogens with one attached hydrogen (secondary N) is 2. The third-order valence-electron chi connectivity index (χ3n) is 5.06. The van der Waals surface area contributed by atoms with Gasteiger partial charge in [-0.2, -0.15) is 0 Å². The number of methoxy groups -OCH3 is 1. The van der Waals surface area contributed by atoms with Gasteiger partial charge in [-0.15, -0.1) is 0 Å². The first kappa shape index (κ1) is 16.0. The van der Waals surface area contributed by atoms with Crippen LogP contribution >= 0.6 is 0 Å². The number of fused-ring (bicyclic) bond motifs is 2. The molecule has 2 aliphatic carbocycles. The molecule has 5 nitrogen and oxygen atoms in total. The van der Waals surface area contributed by atoms with Crippen LogP contribution in [0.2, 0.25) is 0 Å². The number of aliphatic hydroxyl groups is 1. The van der Waals surface area contributed by atoms with Gasteiger partial charge < -0.3 is 20.5 Å². The summed E-state index contributed by atoms with van der Waals surface area (Å²) in [6.45, 7) is 0.0396. The first-order valence-corrected chi connectivity index (χ1v) is 7.75. The second-order valence-electron chi connectivity index (χ2n) is 6.28. The molecular formula is C16H20F2N2O3. The van der Waals surface area contributed by atoms with Crippen molar-refractivity contribution in [3.05, 3.63) is 23.8 Å². The Morgan fingerprint density at radius 2 is 1.96 bits per heavy atom. The molecule has 2 aliphatic rings. The van der Waals surface area contributed by atoms with Crippen LogP contribution in [0, 0.1) is 29.4 Å². The predicted octanol–water partition coefficient (Wildman–Crippen LogP) is 2.50. The van der Waals surface area contributed by atoms with E-state index in [0.29, 0.717) is 11.8 Å². The van der Waals surface area contributed by atoms with Gasteiger partial charge in [-0.25, -0.2) is 13.6 Å². The molecular weight excluding hydrogens is 306 g/mol. The molecule has 0 aliphatic heterocycles. The van der Waals surface area contributed by atoms with Crippen molar-refractivity contribution in [1.29, 1.82) is 0 Å². The number of amides is 2. The maximum atomic E-state index is 13.6. The highest BCUT2D eigenvalue weighted by Gasteiger charge is 2.47. The molecule has 3 rings (SSSR count). The first-order chi connectivity index (χ1) is 11.0. The van der Waals surface area contributed by atoms with Gasteiger partial charge in [-0.3, -0.25) is 0 Å². The second-order valence-corrected chi connectivity index (χ2v) is 6.28. The third kappa shape index (κ3) is 2.97. The number of carbonyl (C=O) groups excluding carboxylic acids is 1. The largest absolute Gasteiger partial charge is 0.491 e. The normalized spacial score (nSPS) is 28.7. The van der Waals surface area contributed by atoms with Crippen LogP contribution in [0.25, 0.3) is 0 Å². The van der Waals surface area contributed by atoms with Crippen molar-refractivity contribution in [3.8, 4) is 5.75 Å². The molecule has 3 N–H and O–H groups in total. The summed E-state index contributed by atoms with van der Waals surface area (Å²) in [6, 6.07) is 1.40. The highest BCUT2D eigenvalue weighted by molar-refractivity contribution is 5.89. The van der Waals surface area contributed by atoms with Gasteiger partial charge in [-0.1, -0.05) is 0 Å². The topological polar surface area (TPSA) is 70.6 Å². The average Bonchev–Trinajstić information content (AvgIpc) is 3.07. The Hall–Kier alpha value is -1.89. The zero-order chi connectivity index (χ0) is 16.6. The van der Waals surface area contributed by atoms with E-state index in [1.807, 2.05) is 0 Å². The smallest absolute Gasteiger partial charge is 0.319 e. The number of carbonyl (C=O) groups is 1. The lowest BCUT2D eigenvalue weighted by molar-refractivity contribution is 0.146. The number of hydrogen-bond acceptors (Lipinski definition) is 3. The highest BCUT2D eigenvalue weighted by Crippen LogP contribution is 2.48. The maximum Gasteiger partial charge on any atom is 0.319 e. The Kier molecular flexibility index (Phi) is 4.39. The molecule has 7 heteroatoms. The number of urea groups is 1. The van der Waals surface area contributed by atoms with Gasteiger partial charge in [0.15, 0.2) is 17.4 Å². The Morgan fingerprint density at radius 3 is 2.57 bits per heavy atom. The molecule has 0 spiro atoms. The lowest BCUT2D eigenvalue weighted by Crippen LogP contribution is -2.46. The zero-order valence-corrected chi connectivity index (χ0v) is 12.8. The summed E-state index contributed by atoms with van der Waals surface area (Å²) in [5.74, 6) is -1.36. The van der Waals surface area contributed by atoms with Gasteiger partial charge in [0, 0.05) is 36.4 Å². The maximum absolute atomic E-state index is 13.6. The van der Waals surface area contributed by atoms with Crippen LogP contribution in [0.1, 0.15) is 19.3 Å². The number of rotatable bonds is 4. The predicted molar refractivity (Wildman–Crippen MR) is 80.3 cm³/mol. The van der Waals surface area contributed by atoms with Gasteiger partial charge in [0.25, 0.3) is 0 Å². The highest BCUT2D eigenvalue weighted by atomic mass is 19.1. The van der Waals surface area contributed by atoms with E-state index in [4.69, 9.17) is 0 Å². The van der Waals surface area contributed by atoms with Crippen molar-refractivity contribution in [3.63, 3.8) is 0 Å². The van der Waals surface area contributed by atoms with E-state index in [-0.39, 0.29) is 24.3 Å². The summed E-state index contributed by atoms with van der Waals surface area (Å²) in [5, 5.41) is 14.8. The van der Waals surface area contributed by atoms with Crippen LogP contribution in [-0.4, -0.2) is 30.9 Å². The van der Waals surface area contributed by atoms with Crippen LogP contribution in [0.15, 0.2) is 12.1 Å². The lowest BCUT2D eigenvalue weighted by Gasteiger charge is -2.30. The molecule has 2 amide bonds. The van der Waals surface area contributed by atoms with E-state index in [1.165, 1.54) is 7.11 Å². The standard InChI is InChI=1S/C16H20F2N2O3/c1-23-15-12(17)5-10(6-13(15)18)19-16(22)20-14-9-3-2-8(4-9)11(14)7-21/h5-6,8-9,11,14,21H,2-4,7H2,1H3,(H2,19,20,22)/t8-,9-,11-,14-/m0/s1. The summed E-state index contributed by atoms with van der Waals surface area (Å²) in [4.78, 5) is 12.1. The summed E-state index contributed by atoms with van der Waals surface area (Å²) >= 11 is 0. The first-order valence-electron chi connectivity index (χ1n) is 7.75. The Labute approximate surface area is 133 Å². The van der Waals surface area contributed by atoms with Crippen LogP contribution < -0.4 is 15.4 Å². The minimum Gasteiger partial charge on any atom is -0.491 e. The van der Waals surface area contributed by atoms with E-state index in [9.17, 15) is 18.7 Å².